The van der Waals surface area contributed by atoms with Crippen molar-refractivity contribution in [3.8, 4) is 11.5 Å². The number of methoxy groups -OCH3 is 2. The predicted octanol–water partition coefficient (Wildman–Crippen LogP) is 5.14. The lowest BCUT2D eigenvalue weighted by molar-refractivity contribution is 0.135. The van der Waals surface area contributed by atoms with Crippen molar-refractivity contribution in [3.63, 3.8) is 0 Å². The summed E-state index contributed by atoms with van der Waals surface area (Å²) in [4.78, 5) is 12.2. The van der Waals surface area contributed by atoms with Crippen molar-refractivity contribution in [2.24, 2.45) is 0 Å². The zero-order chi connectivity index (χ0) is 23.5. The van der Waals surface area contributed by atoms with Crippen molar-refractivity contribution < 1.29 is 32.2 Å². The van der Waals surface area contributed by atoms with Crippen LogP contribution in [-0.2, 0) is 24.2 Å². The van der Waals surface area contributed by atoms with Gasteiger partial charge in [-0.3, -0.25) is 0 Å². The van der Waals surface area contributed by atoms with Gasteiger partial charge in [-0.15, -0.1) is 0 Å². The molecule has 5 nitrogen and oxygen atoms in total. The SMILES string of the molecule is CCC(Cc1cc(OC)c(CC(F)C(F)CF)cc1OC)NC(=O)OCc1ccccc1. The van der Waals surface area contributed by atoms with E-state index in [0.717, 1.165) is 11.1 Å². The molecular weight excluding hydrogens is 423 g/mol. The summed E-state index contributed by atoms with van der Waals surface area (Å²) >= 11 is 0. The third-order valence-corrected chi connectivity index (χ3v) is 5.13. The zero-order valence-corrected chi connectivity index (χ0v) is 18.6. The average molecular weight is 454 g/mol. The smallest absolute Gasteiger partial charge is 0.407 e. The largest absolute Gasteiger partial charge is 0.496 e. The number of ether oxygens (including phenoxy) is 3. The highest BCUT2D eigenvalue weighted by Gasteiger charge is 2.24. The molecule has 0 fully saturated rings. The maximum atomic E-state index is 14.0. The fourth-order valence-corrected chi connectivity index (χ4v) is 3.27. The fraction of sp³-hybridized carbons (Fsp3) is 0.458. The predicted molar refractivity (Wildman–Crippen MR) is 117 cm³/mol. The van der Waals surface area contributed by atoms with Crippen molar-refractivity contribution in [3.05, 3.63) is 59.2 Å². The molecule has 3 atom stereocenters. The third kappa shape index (κ3) is 7.35. The molecule has 1 amide bonds. The van der Waals surface area contributed by atoms with Gasteiger partial charge in [-0.05, 0) is 36.1 Å². The van der Waals surface area contributed by atoms with E-state index in [1.165, 1.54) is 14.2 Å². The van der Waals surface area contributed by atoms with Gasteiger partial charge in [-0.25, -0.2) is 18.0 Å². The quantitative estimate of drug-likeness (QED) is 0.484. The number of alkyl halides is 3. The Kier molecular flexibility index (Phi) is 10.2. The Labute approximate surface area is 186 Å². The van der Waals surface area contributed by atoms with E-state index < -0.39 is 25.1 Å². The lowest BCUT2D eigenvalue weighted by atomic mass is 9.97. The van der Waals surface area contributed by atoms with Crippen LogP contribution < -0.4 is 14.8 Å². The summed E-state index contributed by atoms with van der Waals surface area (Å²) in [5.41, 5.74) is 1.98. The molecule has 8 heteroatoms. The van der Waals surface area contributed by atoms with E-state index in [1.807, 2.05) is 37.3 Å². The second kappa shape index (κ2) is 12.8. The third-order valence-electron chi connectivity index (χ3n) is 5.13. The van der Waals surface area contributed by atoms with E-state index >= 15 is 0 Å². The second-order valence-electron chi connectivity index (χ2n) is 7.38. The standard InChI is InChI=1S/C24H30F3NO4/c1-4-19(28-24(29)32-15-16-8-6-5-7-9-16)10-17-12-23(31-3)18(13-22(17)30-2)11-20(26)21(27)14-25/h5-9,12-13,19-21H,4,10-11,14-15H2,1-3H3,(H,28,29). The number of nitrogens with one attached hydrogen (secondary N) is 1. The van der Waals surface area contributed by atoms with Gasteiger partial charge < -0.3 is 19.5 Å². The minimum atomic E-state index is -2.19. The summed E-state index contributed by atoms with van der Waals surface area (Å²) in [6.45, 7) is 0.697. The molecule has 176 valence electrons. The Hall–Kier alpha value is -2.90. The van der Waals surface area contributed by atoms with Gasteiger partial charge >= 0.3 is 6.09 Å². The normalized spacial score (nSPS) is 13.7. The van der Waals surface area contributed by atoms with E-state index in [1.54, 1.807) is 12.1 Å². The van der Waals surface area contributed by atoms with Gasteiger partial charge in [0.15, 0.2) is 6.17 Å². The lowest BCUT2D eigenvalue weighted by Gasteiger charge is -2.21. The number of carbonyl (C=O) groups excluding carboxylic acids is 1. The highest BCUT2D eigenvalue weighted by molar-refractivity contribution is 5.67. The van der Waals surface area contributed by atoms with E-state index in [9.17, 15) is 18.0 Å². The summed E-state index contributed by atoms with van der Waals surface area (Å²) < 4.78 is 55.8. The van der Waals surface area contributed by atoms with Gasteiger partial charge in [0.1, 0.15) is 31.0 Å². The van der Waals surface area contributed by atoms with Gasteiger partial charge in [-0.2, -0.15) is 0 Å². The summed E-state index contributed by atoms with van der Waals surface area (Å²) in [6, 6.07) is 12.3. The van der Waals surface area contributed by atoms with Gasteiger partial charge in [0.25, 0.3) is 0 Å². The van der Waals surface area contributed by atoms with E-state index in [2.05, 4.69) is 5.32 Å². The molecular formula is C24H30F3NO4. The van der Waals surface area contributed by atoms with Crippen molar-refractivity contribution in [1.29, 1.82) is 0 Å². The molecule has 2 aromatic carbocycles. The first-order valence-corrected chi connectivity index (χ1v) is 10.5. The molecule has 3 unspecified atom stereocenters. The van der Waals surface area contributed by atoms with Crippen LogP contribution in [-0.4, -0.2) is 45.4 Å². The first kappa shape index (κ1) is 25.4. The number of amides is 1. The molecule has 0 aromatic heterocycles. The van der Waals surface area contributed by atoms with Gasteiger partial charge in [-0.1, -0.05) is 37.3 Å². The molecule has 0 aliphatic heterocycles. The minimum Gasteiger partial charge on any atom is -0.496 e. The van der Waals surface area contributed by atoms with Gasteiger partial charge in [0, 0.05) is 18.0 Å². The molecule has 32 heavy (non-hydrogen) atoms. The lowest BCUT2D eigenvalue weighted by Crippen LogP contribution is -2.36. The molecule has 0 spiro atoms. The summed E-state index contributed by atoms with van der Waals surface area (Å²) in [6.07, 6.45) is -4.03. The van der Waals surface area contributed by atoms with Crippen molar-refractivity contribution in [2.75, 3.05) is 20.9 Å². The Balaban J connectivity index is 2.08. The number of halogens is 3. The topological polar surface area (TPSA) is 56.8 Å². The molecule has 0 radical (unpaired) electrons. The number of carbonyl (C=O) groups is 1. The van der Waals surface area contributed by atoms with Crippen LogP contribution in [0.5, 0.6) is 11.5 Å². The maximum absolute atomic E-state index is 14.0. The number of hydrogen-bond donors (Lipinski definition) is 1. The highest BCUT2D eigenvalue weighted by atomic mass is 19.2. The zero-order valence-electron chi connectivity index (χ0n) is 18.6. The molecule has 1 N–H and O–H groups in total. The molecule has 0 aliphatic carbocycles. The van der Waals surface area contributed by atoms with Crippen LogP contribution in [0, 0.1) is 0 Å². The fourth-order valence-electron chi connectivity index (χ4n) is 3.27. The molecule has 0 saturated heterocycles. The Morgan fingerprint density at radius 3 is 2.09 bits per heavy atom. The van der Waals surface area contributed by atoms with E-state index in [4.69, 9.17) is 14.2 Å². The summed E-state index contributed by atoms with van der Waals surface area (Å²) in [5.74, 6) is 0.789. The molecule has 0 saturated carbocycles. The monoisotopic (exact) mass is 453 g/mol. The molecule has 2 rings (SSSR count). The van der Waals surface area contributed by atoms with Crippen LogP contribution in [0.4, 0.5) is 18.0 Å². The van der Waals surface area contributed by atoms with Crippen LogP contribution in [0.3, 0.4) is 0 Å². The second-order valence-corrected chi connectivity index (χ2v) is 7.38. The van der Waals surface area contributed by atoms with Crippen LogP contribution >= 0.6 is 0 Å². The number of hydrogen-bond acceptors (Lipinski definition) is 4. The Bertz CT molecular complexity index is 851. The Morgan fingerprint density at radius 1 is 0.969 bits per heavy atom. The molecule has 0 heterocycles. The first-order valence-electron chi connectivity index (χ1n) is 10.5. The number of rotatable bonds is 12. The minimum absolute atomic E-state index is 0.161. The molecule has 2 aromatic rings. The van der Waals surface area contributed by atoms with E-state index in [0.29, 0.717) is 29.9 Å². The molecule has 0 bridgehead atoms. The van der Waals surface area contributed by atoms with Crippen molar-refractivity contribution in [1.82, 2.24) is 5.32 Å². The maximum Gasteiger partial charge on any atom is 0.407 e. The van der Waals surface area contributed by atoms with Crippen LogP contribution in [0.25, 0.3) is 0 Å². The average Bonchev–Trinajstić information content (AvgIpc) is 2.82. The van der Waals surface area contributed by atoms with Gasteiger partial charge in [0.2, 0.25) is 0 Å². The first-order chi connectivity index (χ1) is 15.4. The Morgan fingerprint density at radius 2 is 1.56 bits per heavy atom. The molecule has 0 aliphatic rings. The van der Waals surface area contributed by atoms with Gasteiger partial charge in [0.05, 0.1) is 14.2 Å². The summed E-state index contributed by atoms with van der Waals surface area (Å²) in [5, 5.41) is 2.83. The van der Waals surface area contributed by atoms with Crippen molar-refractivity contribution >= 4 is 6.09 Å². The summed E-state index contributed by atoms with van der Waals surface area (Å²) in [7, 11) is 2.88. The van der Waals surface area contributed by atoms with Crippen LogP contribution in [0.2, 0.25) is 0 Å². The van der Waals surface area contributed by atoms with Crippen LogP contribution in [0.15, 0.2) is 42.5 Å². The highest BCUT2D eigenvalue weighted by Crippen LogP contribution is 2.32. The van der Waals surface area contributed by atoms with E-state index in [-0.39, 0.29) is 19.1 Å². The number of benzene rings is 2. The van der Waals surface area contributed by atoms with Crippen molar-refractivity contribution in [2.45, 2.75) is 51.2 Å². The number of alkyl carbamates (subject to hydrolysis) is 1. The van der Waals surface area contributed by atoms with Crippen LogP contribution in [0.1, 0.15) is 30.0 Å².